The Bertz CT molecular complexity index is 832. The van der Waals surface area contributed by atoms with Crippen LogP contribution in [0.5, 0.6) is 5.75 Å². The number of anilines is 1. The summed E-state index contributed by atoms with van der Waals surface area (Å²) in [5.74, 6) is 0.341. The molecular formula is C22H27ClFN3O2S. The second-order valence-corrected chi connectivity index (χ2v) is 7.93. The topological polar surface area (TPSA) is 37.0 Å². The lowest BCUT2D eigenvalue weighted by molar-refractivity contribution is 0.0368. The molecule has 1 aliphatic rings. The minimum Gasteiger partial charge on any atom is -0.495 e. The highest BCUT2D eigenvalue weighted by Gasteiger charge is 2.14. The Morgan fingerprint density at radius 2 is 1.97 bits per heavy atom. The smallest absolute Gasteiger partial charge is 0.173 e. The van der Waals surface area contributed by atoms with Gasteiger partial charge < -0.3 is 19.7 Å². The predicted molar refractivity (Wildman–Crippen MR) is 123 cm³/mol. The SMILES string of the molecule is COc1cc(NC(=S)N(CCCN2CCOCC2)Cc2ccc(F)cc2)ccc1Cl. The van der Waals surface area contributed by atoms with E-state index < -0.39 is 0 Å². The van der Waals surface area contributed by atoms with Crippen molar-refractivity contribution in [2.24, 2.45) is 0 Å². The van der Waals surface area contributed by atoms with Crippen molar-refractivity contribution in [2.75, 3.05) is 51.8 Å². The molecule has 30 heavy (non-hydrogen) atoms. The normalized spacial score (nSPS) is 14.4. The van der Waals surface area contributed by atoms with Crippen LogP contribution < -0.4 is 10.1 Å². The van der Waals surface area contributed by atoms with Gasteiger partial charge in [0.1, 0.15) is 11.6 Å². The number of nitrogens with one attached hydrogen (secondary N) is 1. The number of hydrogen-bond donors (Lipinski definition) is 1. The fourth-order valence-corrected chi connectivity index (χ4v) is 3.78. The van der Waals surface area contributed by atoms with Gasteiger partial charge in [-0.2, -0.15) is 0 Å². The average Bonchev–Trinajstić information content (AvgIpc) is 2.76. The third-order valence-corrected chi connectivity index (χ3v) is 5.65. The molecule has 2 aromatic carbocycles. The van der Waals surface area contributed by atoms with Crippen molar-refractivity contribution in [2.45, 2.75) is 13.0 Å². The van der Waals surface area contributed by atoms with Crippen molar-refractivity contribution in [1.29, 1.82) is 0 Å². The van der Waals surface area contributed by atoms with Crippen LogP contribution in [0.1, 0.15) is 12.0 Å². The first-order valence-electron chi connectivity index (χ1n) is 9.99. The quantitative estimate of drug-likeness (QED) is 0.599. The van der Waals surface area contributed by atoms with E-state index in [-0.39, 0.29) is 5.82 Å². The number of methoxy groups -OCH3 is 1. The highest BCUT2D eigenvalue weighted by molar-refractivity contribution is 7.80. The van der Waals surface area contributed by atoms with E-state index in [0.29, 0.717) is 22.4 Å². The van der Waals surface area contributed by atoms with E-state index in [1.807, 2.05) is 12.1 Å². The molecule has 162 valence electrons. The third kappa shape index (κ3) is 6.80. The van der Waals surface area contributed by atoms with Gasteiger partial charge in [0.05, 0.1) is 25.3 Å². The molecule has 0 spiro atoms. The second-order valence-electron chi connectivity index (χ2n) is 7.14. The zero-order valence-electron chi connectivity index (χ0n) is 17.1. The Morgan fingerprint density at radius 1 is 1.23 bits per heavy atom. The molecule has 1 N–H and O–H groups in total. The van der Waals surface area contributed by atoms with Crippen LogP contribution in [0, 0.1) is 5.82 Å². The van der Waals surface area contributed by atoms with E-state index in [9.17, 15) is 4.39 Å². The molecule has 1 fully saturated rings. The molecule has 0 amide bonds. The maximum Gasteiger partial charge on any atom is 0.173 e. The molecule has 0 aromatic heterocycles. The van der Waals surface area contributed by atoms with Crippen molar-refractivity contribution < 1.29 is 13.9 Å². The van der Waals surface area contributed by atoms with Crippen molar-refractivity contribution in [3.63, 3.8) is 0 Å². The van der Waals surface area contributed by atoms with Crippen LogP contribution in [0.2, 0.25) is 5.02 Å². The van der Waals surface area contributed by atoms with Crippen molar-refractivity contribution in [3.8, 4) is 5.75 Å². The zero-order valence-corrected chi connectivity index (χ0v) is 18.6. The lowest BCUT2D eigenvalue weighted by atomic mass is 10.2. The maximum absolute atomic E-state index is 13.3. The van der Waals surface area contributed by atoms with Gasteiger partial charge in [-0.3, -0.25) is 4.90 Å². The maximum atomic E-state index is 13.3. The van der Waals surface area contributed by atoms with E-state index >= 15 is 0 Å². The number of morpholine rings is 1. The lowest BCUT2D eigenvalue weighted by Crippen LogP contribution is -2.40. The molecule has 0 saturated carbocycles. The molecule has 0 bridgehead atoms. The predicted octanol–water partition coefficient (Wildman–Crippen LogP) is 4.41. The summed E-state index contributed by atoms with van der Waals surface area (Å²) in [6.45, 7) is 5.87. The van der Waals surface area contributed by atoms with Crippen LogP contribution in [0.25, 0.3) is 0 Å². The summed E-state index contributed by atoms with van der Waals surface area (Å²) >= 11 is 11.8. The summed E-state index contributed by atoms with van der Waals surface area (Å²) in [5, 5.41) is 4.42. The van der Waals surface area contributed by atoms with Gasteiger partial charge in [0.15, 0.2) is 5.11 Å². The molecular weight excluding hydrogens is 425 g/mol. The molecule has 3 rings (SSSR count). The first kappa shape index (κ1) is 22.7. The number of rotatable bonds is 8. The van der Waals surface area contributed by atoms with Crippen LogP contribution in [-0.2, 0) is 11.3 Å². The molecule has 0 radical (unpaired) electrons. The summed E-state index contributed by atoms with van der Waals surface area (Å²) in [4.78, 5) is 4.50. The van der Waals surface area contributed by atoms with Gasteiger partial charge in [-0.05, 0) is 48.5 Å². The summed E-state index contributed by atoms with van der Waals surface area (Å²) in [6, 6.07) is 12.0. The first-order valence-corrected chi connectivity index (χ1v) is 10.8. The Balaban J connectivity index is 1.65. The van der Waals surface area contributed by atoms with E-state index in [4.69, 9.17) is 33.3 Å². The number of ether oxygens (including phenoxy) is 2. The van der Waals surface area contributed by atoms with E-state index in [1.54, 1.807) is 25.3 Å². The number of hydrogen-bond acceptors (Lipinski definition) is 4. The third-order valence-electron chi connectivity index (χ3n) is 4.98. The van der Waals surface area contributed by atoms with Gasteiger partial charge in [-0.1, -0.05) is 23.7 Å². The standard InChI is InChI=1S/C22H27ClFN3O2S/c1-28-21-15-19(7-8-20(21)23)25-22(30)27(16-17-3-5-18(24)6-4-17)10-2-9-26-11-13-29-14-12-26/h3-8,15H,2,9-14,16H2,1H3,(H,25,30). The van der Waals surface area contributed by atoms with Crippen molar-refractivity contribution in [3.05, 3.63) is 58.9 Å². The second kappa shape index (κ2) is 11.5. The highest BCUT2D eigenvalue weighted by Crippen LogP contribution is 2.27. The first-order chi connectivity index (χ1) is 14.5. The molecule has 8 heteroatoms. The minimum atomic E-state index is -0.244. The molecule has 0 aliphatic carbocycles. The van der Waals surface area contributed by atoms with Crippen LogP contribution in [0.4, 0.5) is 10.1 Å². The Morgan fingerprint density at radius 3 is 2.67 bits per heavy atom. The fraction of sp³-hybridized carbons (Fsp3) is 0.409. The Hall–Kier alpha value is -1.93. The van der Waals surface area contributed by atoms with Crippen molar-refractivity contribution in [1.82, 2.24) is 9.80 Å². The average molecular weight is 452 g/mol. The molecule has 1 aliphatic heterocycles. The summed E-state index contributed by atoms with van der Waals surface area (Å²) < 4.78 is 24.0. The van der Waals surface area contributed by atoms with E-state index in [1.165, 1.54) is 12.1 Å². The van der Waals surface area contributed by atoms with Gasteiger partial charge in [-0.25, -0.2) is 4.39 Å². The molecule has 1 saturated heterocycles. The zero-order chi connectivity index (χ0) is 21.3. The van der Waals surface area contributed by atoms with Gasteiger partial charge >= 0.3 is 0 Å². The van der Waals surface area contributed by atoms with E-state index in [0.717, 1.165) is 57.1 Å². The highest BCUT2D eigenvalue weighted by atomic mass is 35.5. The molecule has 2 aromatic rings. The van der Waals surface area contributed by atoms with Gasteiger partial charge in [0.25, 0.3) is 0 Å². The van der Waals surface area contributed by atoms with E-state index in [2.05, 4.69) is 15.1 Å². The summed E-state index contributed by atoms with van der Waals surface area (Å²) in [6.07, 6.45) is 0.965. The van der Waals surface area contributed by atoms with Crippen molar-refractivity contribution >= 4 is 34.6 Å². The molecule has 0 atom stereocenters. The molecule has 5 nitrogen and oxygen atoms in total. The van der Waals surface area contributed by atoms with Gasteiger partial charge in [0, 0.05) is 44.5 Å². The molecule has 1 heterocycles. The number of nitrogens with zero attached hydrogens (tertiary/aromatic N) is 2. The molecule has 0 unspecified atom stereocenters. The van der Waals surface area contributed by atoms with Gasteiger partial charge in [-0.15, -0.1) is 0 Å². The summed E-state index contributed by atoms with van der Waals surface area (Å²) in [7, 11) is 1.58. The Kier molecular flexibility index (Phi) is 8.69. The van der Waals surface area contributed by atoms with Crippen LogP contribution >= 0.6 is 23.8 Å². The monoisotopic (exact) mass is 451 g/mol. The minimum absolute atomic E-state index is 0.244. The largest absolute Gasteiger partial charge is 0.495 e. The number of thiocarbonyl (C=S) groups is 1. The number of halogens is 2. The van der Waals surface area contributed by atoms with Crippen LogP contribution in [0.3, 0.4) is 0 Å². The summed E-state index contributed by atoms with van der Waals surface area (Å²) in [5.41, 5.74) is 1.80. The number of benzene rings is 2. The van der Waals surface area contributed by atoms with Gasteiger partial charge in [0.2, 0.25) is 0 Å². The fourth-order valence-electron chi connectivity index (χ4n) is 3.31. The Labute approximate surface area is 187 Å². The van der Waals surface area contributed by atoms with Crippen LogP contribution in [-0.4, -0.2) is 61.4 Å². The van der Waals surface area contributed by atoms with Crippen LogP contribution in [0.15, 0.2) is 42.5 Å². The lowest BCUT2D eigenvalue weighted by Gasteiger charge is -2.29.